The van der Waals surface area contributed by atoms with Crippen LogP contribution in [-0.2, 0) is 24.3 Å². The van der Waals surface area contributed by atoms with Crippen LogP contribution in [0.15, 0.2) is 53.5 Å². The van der Waals surface area contributed by atoms with Crippen LogP contribution in [0.2, 0.25) is 0 Å². The van der Waals surface area contributed by atoms with Gasteiger partial charge in [0.05, 0.1) is 6.61 Å². The molecule has 0 aromatic heterocycles. The molecule has 7 heteroatoms. The lowest BCUT2D eigenvalue weighted by atomic mass is 10.1. The molecule has 2 rings (SSSR count). The van der Waals surface area contributed by atoms with Crippen molar-refractivity contribution in [3.05, 3.63) is 70.8 Å². The number of rotatable bonds is 9. The van der Waals surface area contributed by atoms with E-state index < -0.39 is 0 Å². The first-order chi connectivity index (χ1) is 14.0. The van der Waals surface area contributed by atoms with E-state index in [-0.39, 0.29) is 29.9 Å². The molecule has 0 aliphatic rings. The molecule has 0 bridgehead atoms. The summed E-state index contributed by atoms with van der Waals surface area (Å²) in [5, 5.41) is 6.65. The predicted octanol–water partition coefficient (Wildman–Crippen LogP) is 3.45. The highest BCUT2D eigenvalue weighted by Gasteiger charge is 2.08. The second-order valence-corrected chi connectivity index (χ2v) is 6.96. The first kappa shape index (κ1) is 25.9. The predicted molar refractivity (Wildman–Crippen MR) is 134 cm³/mol. The Balaban J connectivity index is 0.00000450. The maximum Gasteiger partial charge on any atom is 0.253 e. The lowest BCUT2D eigenvalue weighted by Gasteiger charge is -2.13. The normalized spacial score (nSPS) is 10.9. The third-order valence-corrected chi connectivity index (χ3v) is 4.47. The number of carbonyl (C=O) groups is 1. The maximum atomic E-state index is 12.1. The highest BCUT2D eigenvalue weighted by atomic mass is 127. The van der Waals surface area contributed by atoms with E-state index in [1.165, 1.54) is 11.1 Å². The van der Waals surface area contributed by atoms with Crippen LogP contribution < -0.4 is 10.6 Å². The van der Waals surface area contributed by atoms with Gasteiger partial charge in [-0.15, -0.1) is 24.0 Å². The van der Waals surface area contributed by atoms with Gasteiger partial charge in [0, 0.05) is 46.4 Å². The fourth-order valence-corrected chi connectivity index (χ4v) is 2.82. The second kappa shape index (κ2) is 14.0. The van der Waals surface area contributed by atoms with Gasteiger partial charge in [-0.2, -0.15) is 0 Å². The van der Waals surface area contributed by atoms with E-state index in [4.69, 9.17) is 4.74 Å². The van der Waals surface area contributed by atoms with Crippen molar-refractivity contribution in [1.29, 1.82) is 0 Å². The summed E-state index contributed by atoms with van der Waals surface area (Å²) in [5.41, 5.74) is 4.18. The Bertz CT molecular complexity index is 807. The summed E-state index contributed by atoms with van der Waals surface area (Å²) < 4.78 is 5.42. The molecule has 0 aliphatic heterocycles. The molecule has 0 saturated carbocycles. The van der Waals surface area contributed by atoms with Gasteiger partial charge in [0.2, 0.25) is 0 Å². The van der Waals surface area contributed by atoms with E-state index in [9.17, 15) is 4.79 Å². The second-order valence-electron chi connectivity index (χ2n) is 6.96. The number of guanidine groups is 1. The number of amides is 1. The van der Waals surface area contributed by atoms with Gasteiger partial charge >= 0.3 is 0 Å². The van der Waals surface area contributed by atoms with Crippen molar-refractivity contribution < 1.29 is 9.53 Å². The van der Waals surface area contributed by atoms with Crippen molar-refractivity contribution in [2.24, 2.45) is 4.99 Å². The van der Waals surface area contributed by atoms with E-state index in [1.54, 1.807) is 26.0 Å². The topological polar surface area (TPSA) is 66.0 Å². The molecule has 0 spiro atoms. The van der Waals surface area contributed by atoms with Gasteiger partial charge in [0.1, 0.15) is 0 Å². The van der Waals surface area contributed by atoms with Crippen LogP contribution in [0.4, 0.5) is 0 Å². The van der Waals surface area contributed by atoms with Crippen LogP contribution in [0.25, 0.3) is 0 Å². The number of halogens is 1. The minimum Gasteiger partial charge on any atom is -0.377 e. The molecule has 1 amide bonds. The van der Waals surface area contributed by atoms with Crippen molar-refractivity contribution in [1.82, 2.24) is 15.5 Å². The van der Waals surface area contributed by atoms with Crippen molar-refractivity contribution in [3.8, 4) is 0 Å². The number of benzene rings is 2. The van der Waals surface area contributed by atoms with Crippen molar-refractivity contribution >= 4 is 35.8 Å². The molecular formula is C23H33IN4O2. The third-order valence-electron chi connectivity index (χ3n) is 4.47. The minimum atomic E-state index is 0. The quantitative estimate of drug-likeness (QED) is 0.300. The summed E-state index contributed by atoms with van der Waals surface area (Å²) in [6.45, 7) is 4.79. The Kier molecular flexibility index (Phi) is 12.1. The molecule has 2 aromatic carbocycles. The monoisotopic (exact) mass is 524 g/mol. The van der Waals surface area contributed by atoms with Gasteiger partial charge in [-0.3, -0.25) is 9.79 Å². The van der Waals surface area contributed by atoms with Gasteiger partial charge < -0.3 is 20.3 Å². The van der Waals surface area contributed by atoms with Crippen molar-refractivity contribution in [2.75, 3.05) is 34.3 Å². The zero-order valence-electron chi connectivity index (χ0n) is 18.3. The molecule has 0 atom stereocenters. The van der Waals surface area contributed by atoms with Crippen LogP contribution >= 0.6 is 24.0 Å². The number of aliphatic imine (C=N–C) groups is 1. The molecule has 0 saturated heterocycles. The van der Waals surface area contributed by atoms with E-state index in [2.05, 4.69) is 39.9 Å². The third kappa shape index (κ3) is 8.71. The SMILES string of the molecule is CCOCc1ccc(CNC(=NC)NCCc2cccc(C(=O)N(C)C)c2)cc1.I. The first-order valence-electron chi connectivity index (χ1n) is 9.94. The zero-order chi connectivity index (χ0) is 21.1. The first-order valence-corrected chi connectivity index (χ1v) is 9.94. The van der Waals surface area contributed by atoms with Gasteiger partial charge in [-0.05, 0) is 42.2 Å². The average Bonchev–Trinajstić information content (AvgIpc) is 2.75. The van der Waals surface area contributed by atoms with Crippen molar-refractivity contribution in [2.45, 2.75) is 26.5 Å². The van der Waals surface area contributed by atoms with E-state index in [0.717, 1.165) is 31.1 Å². The highest BCUT2D eigenvalue weighted by molar-refractivity contribution is 14.0. The van der Waals surface area contributed by atoms with E-state index in [1.807, 2.05) is 31.2 Å². The lowest BCUT2D eigenvalue weighted by Crippen LogP contribution is -2.37. The lowest BCUT2D eigenvalue weighted by molar-refractivity contribution is 0.0827. The average molecular weight is 524 g/mol. The van der Waals surface area contributed by atoms with Gasteiger partial charge in [0.25, 0.3) is 5.91 Å². The maximum absolute atomic E-state index is 12.1. The summed E-state index contributed by atoms with van der Waals surface area (Å²) in [5.74, 6) is 0.772. The van der Waals surface area contributed by atoms with E-state index >= 15 is 0 Å². The number of nitrogens with one attached hydrogen (secondary N) is 2. The molecule has 0 aliphatic carbocycles. The zero-order valence-corrected chi connectivity index (χ0v) is 20.6. The summed E-state index contributed by atoms with van der Waals surface area (Å²) >= 11 is 0. The molecule has 30 heavy (non-hydrogen) atoms. The number of nitrogens with zero attached hydrogens (tertiary/aromatic N) is 2. The largest absolute Gasteiger partial charge is 0.377 e. The van der Waals surface area contributed by atoms with Gasteiger partial charge in [-0.25, -0.2) is 0 Å². The number of ether oxygens (including phenoxy) is 1. The van der Waals surface area contributed by atoms with Crippen LogP contribution in [0, 0.1) is 0 Å². The summed E-state index contributed by atoms with van der Waals surface area (Å²) in [7, 11) is 5.29. The minimum absolute atomic E-state index is 0. The molecule has 0 fully saturated rings. The fraction of sp³-hybridized carbons (Fsp3) is 0.391. The Hall–Kier alpha value is -2.13. The molecule has 2 N–H and O–H groups in total. The van der Waals surface area contributed by atoms with Crippen LogP contribution in [0.1, 0.15) is 34.0 Å². The van der Waals surface area contributed by atoms with Crippen LogP contribution in [-0.4, -0.2) is 51.1 Å². The highest BCUT2D eigenvalue weighted by Crippen LogP contribution is 2.08. The number of hydrogen-bond donors (Lipinski definition) is 2. The molecule has 6 nitrogen and oxygen atoms in total. The molecule has 0 unspecified atom stereocenters. The van der Waals surface area contributed by atoms with Gasteiger partial charge in [0.15, 0.2) is 5.96 Å². The smallest absolute Gasteiger partial charge is 0.253 e. The van der Waals surface area contributed by atoms with Crippen LogP contribution in [0.5, 0.6) is 0 Å². The van der Waals surface area contributed by atoms with Gasteiger partial charge in [-0.1, -0.05) is 36.4 Å². The van der Waals surface area contributed by atoms with E-state index in [0.29, 0.717) is 18.7 Å². The Morgan fingerprint density at radius 2 is 1.73 bits per heavy atom. The Morgan fingerprint density at radius 3 is 2.37 bits per heavy atom. The molecule has 0 heterocycles. The molecule has 2 aromatic rings. The summed E-state index contributed by atoms with van der Waals surface area (Å²) in [4.78, 5) is 18.0. The number of hydrogen-bond acceptors (Lipinski definition) is 3. The number of carbonyl (C=O) groups excluding carboxylic acids is 1. The Morgan fingerprint density at radius 1 is 1.03 bits per heavy atom. The molecule has 0 radical (unpaired) electrons. The summed E-state index contributed by atoms with van der Waals surface area (Å²) in [6.07, 6.45) is 0.807. The molecule has 164 valence electrons. The Labute approximate surface area is 197 Å². The summed E-state index contributed by atoms with van der Waals surface area (Å²) in [6, 6.07) is 16.1. The fourth-order valence-electron chi connectivity index (χ4n) is 2.82. The van der Waals surface area contributed by atoms with Crippen LogP contribution in [0.3, 0.4) is 0 Å². The van der Waals surface area contributed by atoms with Crippen molar-refractivity contribution in [3.63, 3.8) is 0 Å². The standard InChI is InChI=1S/C23H32N4O2.HI/c1-5-29-17-20-11-9-19(10-12-20)16-26-23(24-2)25-14-13-18-7-6-8-21(15-18)22(28)27(3)4;/h6-12,15H,5,13-14,16-17H2,1-4H3,(H2,24,25,26);1H. The molecular weight excluding hydrogens is 491 g/mol.